The lowest BCUT2D eigenvalue weighted by Gasteiger charge is -2.30. The molecule has 2 atom stereocenters. The molecule has 4 nitrogen and oxygen atoms in total. The molecule has 1 aliphatic carbocycles. The van der Waals surface area contributed by atoms with E-state index in [2.05, 4.69) is 4.72 Å². The minimum atomic E-state index is -3.51. The van der Waals surface area contributed by atoms with Gasteiger partial charge in [-0.1, -0.05) is 35.3 Å². The fourth-order valence-corrected chi connectivity index (χ4v) is 4.28. The maximum absolute atomic E-state index is 12.1. The fraction of sp³-hybridized carbons (Fsp3) is 0.294. The second kappa shape index (κ2) is 6.65. The van der Waals surface area contributed by atoms with E-state index in [4.69, 9.17) is 28.9 Å². The topological polar surface area (TPSA) is 72.2 Å². The number of rotatable bonds is 3. The Labute approximate surface area is 152 Å². The van der Waals surface area contributed by atoms with Gasteiger partial charge in [-0.2, -0.15) is 0 Å². The van der Waals surface area contributed by atoms with Crippen molar-refractivity contribution < 1.29 is 8.42 Å². The Kier molecular flexibility index (Phi) is 4.91. The molecule has 0 bridgehead atoms. The first-order valence-corrected chi connectivity index (χ1v) is 9.85. The molecule has 0 heterocycles. The molecule has 1 aliphatic rings. The Bertz CT molecular complexity index is 884. The van der Waals surface area contributed by atoms with Gasteiger partial charge in [-0.15, -0.1) is 0 Å². The van der Waals surface area contributed by atoms with Gasteiger partial charge in [0.2, 0.25) is 10.0 Å². The van der Waals surface area contributed by atoms with Crippen LogP contribution in [0.2, 0.25) is 10.0 Å². The van der Waals surface area contributed by atoms with Gasteiger partial charge in [-0.3, -0.25) is 0 Å². The van der Waals surface area contributed by atoms with Crippen molar-refractivity contribution in [3.8, 4) is 0 Å². The van der Waals surface area contributed by atoms with Crippen molar-refractivity contribution in [3.63, 3.8) is 0 Å². The highest BCUT2D eigenvalue weighted by Crippen LogP contribution is 2.42. The Morgan fingerprint density at radius 2 is 1.79 bits per heavy atom. The Morgan fingerprint density at radius 1 is 1.04 bits per heavy atom. The number of nitrogens with two attached hydrogens (primary N) is 1. The third kappa shape index (κ3) is 3.19. The Balaban J connectivity index is 2.14. The lowest BCUT2D eigenvalue weighted by atomic mass is 9.77. The van der Waals surface area contributed by atoms with Crippen molar-refractivity contribution in [2.24, 2.45) is 5.73 Å². The molecular weight excluding hydrogens is 367 g/mol. The zero-order valence-electron chi connectivity index (χ0n) is 13.1. The van der Waals surface area contributed by atoms with Crippen molar-refractivity contribution in [2.45, 2.75) is 29.7 Å². The third-order valence-electron chi connectivity index (χ3n) is 4.52. The van der Waals surface area contributed by atoms with Gasteiger partial charge in [0.15, 0.2) is 0 Å². The van der Waals surface area contributed by atoms with Crippen LogP contribution in [0.1, 0.15) is 41.5 Å². The van der Waals surface area contributed by atoms with Crippen LogP contribution in [-0.4, -0.2) is 15.5 Å². The third-order valence-corrected chi connectivity index (χ3v) is 6.68. The summed E-state index contributed by atoms with van der Waals surface area (Å²) in [5.74, 6) is 0.0431. The largest absolute Gasteiger partial charge is 0.324 e. The second-order valence-corrected chi connectivity index (χ2v) is 8.61. The molecular formula is C17H18Cl2N2O2S. The molecule has 1 unspecified atom stereocenters. The SMILES string of the molecule is CNS(=O)(=O)c1ccc2c(c1)[C@H](c1ccc(Cl)c(Cl)c1)CCC2N. The van der Waals surface area contributed by atoms with Crippen molar-refractivity contribution >= 4 is 33.2 Å². The summed E-state index contributed by atoms with van der Waals surface area (Å²) in [6.45, 7) is 0. The molecule has 2 aromatic rings. The first kappa shape index (κ1) is 17.7. The fourth-order valence-electron chi connectivity index (χ4n) is 3.21. The van der Waals surface area contributed by atoms with Crippen molar-refractivity contribution in [1.29, 1.82) is 0 Å². The van der Waals surface area contributed by atoms with E-state index in [-0.39, 0.29) is 16.9 Å². The summed E-state index contributed by atoms with van der Waals surface area (Å²) >= 11 is 12.2. The van der Waals surface area contributed by atoms with Gasteiger partial charge in [0.1, 0.15) is 0 Å². The van der Waals surface area contributed by atoms with Crippen LogP contribution in [0.3, 0.4) is 0 Å². The average Bonchev–Trinajstić information content (AvgIpc) is 2.57. The number of hydrogen-bond acceptors (Lipinski definition) is 3. The highest BCUT2D eigenvalue weighted by molar-refractivity contribution is 7.89. The molecule has 0 saturated heterocycles. The minimum absolute atomic E-state index is 0.0431. The van der Waals surface area contributed by atoms with Gasteiger partial charge in [0, 0.05) is 12.0 Å². The molecule has 3 N–H and O–H groups in total. The minimum Gasteiger partial charge on any atom is -0.324 e. The number of halogens is 2. The maximum Gasteiger partial charge on any atom is 0.240 e. The van der Waals surface area contributed by atoms with E-state index in [0.29, 0.717) is 10.0 Å². The molecule has 2 aromatic carbocycles. The van der Waals surface area contributed by atoms with E-state index < -0.39 is 10.0 Å². The van der Waals surface area contributed by atoms with E-state index in [1.807, 2.05) is 18.2 Å². The standard InChI is InChI=1S/C17H18Cl2N2O2S/c1-21-24(22,23)11-3-4-13-14(9-11)12(5-7-17(13)20)10-2-6-15(18)16(19)8-10/h2-4,6,8-9,12,17,21H,5,7,20H2,1H3/t12-,17?/m0/s1. The van der Waals surface area contributed by atoms with E-state index in [0.717, 1.165) is 29.5 Å². The summed E-state index contributed by atoms with van der Waals surface area (Å²) in [6, 6.07) is 10.6. The number of fused-ring (bicyclic) bond motifs is 1. The second-order valence-electron chi connectivity index (χ2n) is 5.91. The summed E-state index contributed by atoms with van der Waals surface area (Å²) in [6.07, 6.45) is 1.66. The van der Waals surface area contributed by atoms with Crippen LogP contribution in [0.5, 0.6) is 0 Å². The van der Waals surface area contributed by atoms with Crippen LogP contribution < -0.4 is 10.5 Å². The summed E-state index contributed by atoms with van der Waals surface area (Å²) < 4.78 is 26.6. The zero-order valence-corrected chi connectivity index (χ0v) is 15.4. The van der Waals surface area contributed by atoms with Crippen LogP contribution in [-0.2, 0) is 10.0 Å². The lowest BCUT2D eigenvalue weighted by Crippen LogP contribution is -2.23. The molecule has 0 aromatic heterocycles. The lowest BCUT2D eigenvalue weighted by molar-refractivity contribution is 0.528. The first-order valence-electron chi connectivity index (χ1n) is 7.61. The summed E-state index contributed by atoms with van der Waals surface area (Å²) in [5.41, 5.74) is 9.14. The number of hydrogen-bond donors (Lipinski definition) is 2. The van der Waals surface area contributed by atoms with E-state index in [1.165, 1.54) is 7.05 Å². The zero-order chi connectivity index (χ0) is 17.5. The predicted octanol–water partition coefficient (Wildman–Crippen LogP) is 3.83. The summed E-state index contributed by atoms with van der Waals surface area (Å²) in [5, 5.41) is 0.990. The smallest absolute Gasteiger partial charge is 0.240 e. The van der Waals surface area contributed by atoms with E-state index in [9.17, 15) is 8.42 Å². The summed E-state index contributed by atoms with van der Waals surface area (Å²) in [4.78, 5) is 0.239. The molecule has 0 aliphatic heterocycles. The summed E-state index contributed by atoms with van der Waals surface area (Å²) in [7, 11) is -2.11. The number of sulfonamides is 1. The highest BCUT2D eigenvalue weighted by Gasteiger charge is 2.28. The van der Waals surface area contributed by atoms with Gasteiger partial charge < -0.3 is 5.73 Å². The van der Waals surface area contributed by atoms with Crippen LogP contribution in [0.25, 0.3) is 0 Å². The van der Waals surface area contributed by atoms with Gasteiger partial charge >= 0.3 is 0 Å². The van der Waals surface area contributed by atoms with Gasteiger partial charge in [0.25, 0.3) is 0 Å². The van der Waals surface area contributed by atoms with Gasteiger partial charge in [-0.25, -0.2) is 13.1 Å². The van der Waals surface area contributed by atoms with Crippen molar-refractivity contribution in [2.75, 3.05) is 7.05 Å². The molecule has 0 fully saturated rings. The van der Waals surface area contributed by atoms with Crippen LogP contribution >= 0.6 is 23.2 Å². The van der Waals surface area contributed by atoms with E-state index >= 15 is 0 Å². The molecule has 0 amide bonds. The monoisotopic (exact) mass is 384 g/mol. The molecule has 0 saturated carbocycles. The predicted molar refractivity (Wildman–Crippen MR) is 97.2 cm³/mol. The number of benzene rings is 2. The van der Waals surface area contributed by atoms with E-state index in [1.54, 1.807) is 18.2 Å². The Morgan fingerprint density at radius 3 is 2.46 bits per heavy atom. The van der Waals surface area contributed by atoms with Crippen LogP contribution in [0.15, 0.2) is 41.3 Å². The van der Waals surface area contributed by atoms with Gasteiger partial charge in [-0.05, 0) is 60.8 Å². The molecule has 128 valence electrons. The molecule has 0 spiro atoms. The molecule has 3 rings (SSSR count). The Hall–Kier alpha value is -1.11. The molecule has 24 heavy (non-hydrogen) atoms. The normalized spacial score (nSPS) is 20.7. The quantitative estimate of drug-likeness (QED) is 0.844. The van der Waals surface area contributed by atoms with Crippen molar-refractivity contribution in [1.82, 2.24) is 4.72 Å². The average molecular weight is 385 g/mol. The number of nitrogens with one attached hydrogen (secondary N) is 1. The van der Waals surface area contributed by atoms with Crippen LogP contribution in [0.4, 0.5) is 0 Å². The van der Waals surface area contributed by atoms with Crippen molar-refractivity contribution in [3.05, 3.63) is 63.1 Å². The maximum atomic E-state index is 12.1. The van der Waals surface area contributed by atoms with Crippen LogP contribution in [0, 0.1) is 0 Å². The molecule has 0 radical (unpaired) electrons. The van der Waals surface area contributed by atoms with Gasteiger partial charge in [0.05, 0.1) is 14.9 Å². The highest BCUT2D eigenvalue weighted by atomic mass is 35.5. The molecule has 7 heteroatoms. The first-order chi connectivity index (χ1) is 11.3.